The molecule has 10 heteroatoms. The first-order valence-electron chi connectivity index (χ1n) is 2.67. The van der Waals surface area contributed by atoms with E-state index in [1.54, 1.807) is 0 Å². The first-order chi connectivity index (χ1) is 6.11. The van der Waals surface area contributed by atoms with Crippen molar-refractivity contribution in [1.82, 2.24) is 0 Å². The summed E-state index contributed by atoms with van der Waals surface area (Å²) in [6.07, 6.45) is 0. The highest BCUT2D eigenvalue weighted by Gasteiger charge is 2.04. The van der Waals surface area contributed by atoms with Crippen molar-refractivity contribution in [2.24, 2.45) is 22.9 Å². The second kappa shape index (κ2) is 10.5. The molecule has 0 aromatic carbocycles. The number of aliphatic carboxylic acids is 2. The van der Waals surface area contributed by atoms with Crippen LogP contribution in [0.3, 0.4) is 0 Å². The third kappa shape index (κ3) is 311. The maximum atomic E-state index is 9.10. The number of nitrogens with two attached hydrogens (primary N) is 4. The molecule has 0 aliphatic carbocycles. The van der Waals surface area contributed by atoms with Crippen LogP contribution in [0, 0.1) is 0 Å². The smallest absolute Gasteiger partial charge is 0.414 e. The van der Waals surface area contributed by atoms with Gasteiger partial charge < -0.3 is 33.1 Å². The summed E-state index contributed by atoms with van der Waals surface area (Å²) in [5.41, 5.74) is 17.0. The molecule has 0 atom stereocenters. The number of carbonyl (C=O) groups is 4. The highest BCUT2D eigenvalue weighted by Crippen LogP contribution is 1.56. The second-order valence-electron chi connectivity index (χ2n) is 1.42. The van der Waals surface area contributed by atoms with Crippen LogP contribution in [0.25, 0.3) is 0 Å². The third-order valence-electron chi connectivity index (χ3n) is 0.183. The third-order valence-corrected chi connectivity index (χ3v) is 0.183. The molecule has 0 unspecified atom stereocenters. The summed E-state index contributed by atoms with van der Waals surface area (Å²) in [4.78, 5) is 36.2. The Balaban J connectivity index is -0.000000135. The molecule has 0 heterocycles. The molecular weight excluding hydrogens is 200 g/mol. The van der Waals surface area contributed by atoms with E-state index in [-0.39, 0.29) is 0 Å². The molecule has 82 valence electrons. The van der Waals surface area contributed by atoms with E-state index in [1.807, 2.05) is 0 Å². The van der Waals surface area contributed by atoms with Gasteiger partial charge in [0.1, 0.15) is 0 Å². The lowest BCUT2D eigenvalue weighted by molar-refractivity contribution is -0.159. The van der Waals surface area contributed by atoms with Gasteiger partial charge in [-0.3, -0.25) is 0 Å². The molecule has 0 radical (unpaired) electrons. The summed E-state index contributed by atoms with van der Waals surface area (Å²) in [7, 11) is 0. The molecule has 14 heavy (non-hydrogen) atoms. The molecular formula is C4H10N4O6. The van der Waals surface area contributed by atoms with Gasteiger partial charge in [0, 0.05) is 0 Å². The lowest BCUT2D eigenvalue weighted by Gasteiger charge is -1.72. The molecule has 4 amide bonds. The van der Waals surface area contributed by atoms with Gasteiger partial charge in [0.05, 0.1) is 0 Å². The van der Waals surface area contributed by atoms with E-state index in [9.17, 15) is 0 Å². The number of hydrogen-bond donors (Lipinski definition) is 6. The van der Waals surface area contributed by atoms with Crippen LogP contribution < -0.4 is 22.9 Å². The number of rotatable bonds is 0. The maximum Gasteiger partial charge on any atom is 0.414 e. The SMILES string of the molecule is NC(N)=O.NC(N)=O.O=C(O)C(=O)O. The van der Waals surface area contributed by atoms with Crippen LogP contribution >= 0.6 is 0 Å². The molecule has 10 N–H and O–H groups in total. The monoisotopic (exact) mass is 210 g/mol. The first-order valence-corrected chi connectivity index (χ1v) is 2.67. The molecule has 0 aliphatic rings. The van der Waals surface area contributed by atoms with E-state index in [0.29, 0.717) is 0 Å². The summed E-state index contributed by atoms with van der Waals surface area (Å²) in [6, 6.07) is -1.67. The quantitative estimate of drug-likeness (QED) is 0.232. The molecule has 0 aliphatic heterocycles. The van der Waals surface area contributed by atoms with E-state index in [2.05, 4.69) is 22.9 Å². The van der Waals surface area contributed by atoms with Gasteiger partial charge in [-0.15, -0.1) is 0 Å². The Morgan fingerprint density at radius 1 is 0.643 bits per heavy atom. The molecule has 10 nitrogen and oxygen atoms in total. The van der Waals surface area contributed by atoms with Gasteiger partial charge in [-0.1, -0.05) is 0 Å². The van der Waals surface area contributed by atoms with Crippen molar-refractivity contribution < 1.29 is 29.4 Å². The van der Waals surface area contributed by atoms with Crippen LogP contribution in [0.5, 0.6) is 0 Å². The Morgan fingerprint density at radius 3 is 0.714 bits per heavy atom. The first kappa shape index (κ1) is 17.5. The van der Waals surface area contributed by atoms with E-state index >= 15 is 0 Å². The average molecular weight is 210 g/mol. The van der Waals surface area contributed by atoms with Gasteiger partial charge in [0.15, 0.2) is 0 Å². The fourth-order valence-corrected chi connectivity index (χ4v) is 0. The zero-order valence-electron chi connectivity index (χ0n) is 6.84. The molecule has 0 bridgehead atoms. The fourth-order valence-electron chi connectivity index (χ4n) is 0. The van der Waals surface area contributed by atoms with Gasteiger partial charge in [-0.2, -0.15) is 0 Å². The number of amides is 4. The van der Waals surface area contributed by atoms with Gasteiger partial charge in [0.25, 0.3) is 0 Å². The zero-order chi connectivity index (χ0) is 12.3. The number of carboxylic acid groups (broad SMARTS) is 2. The Kier molecular flexibility index (Phi) is 13.1. The Labute approximate surface area is 77.4 Å². The van der Waals surface area contributed by atoms with Crippen molar-refractivity contribution in [3.05, 3.63) is 0 Å². The summed E-state index contributed by atoms with van der Waals surface area (Å²) in [5, 5.41) is 14.8. The van der Waals surface area contributed by atoms with Gasteiger partial charge >= 0.3 is 24.0 Å². The molecule has 0 rings (SSSR count). The number of carbonyl (C=O) groups excluding carboxylic acids is 2. The highest BCUT2D eigenvalue weighted by molar-refractivity contribution is 6.27. The summed E-state index contributed by atoms with van der Waals surface area (Å²) in [5.74, 6) is -3.65. The van der Waals surface area contributed by atoms with Crippen LogP contribution in [0.4, 0.5) is 9.59 Å². The molecule has 0 saturated heterocycles. The van der Waals surface area contributed by atoms with E-state index in [1.165, 1.54) is 0 Å². The Bertz CT molecular complexity index is 194. The van der Waals surface area contributed by atoms with Gasteiger partial charge in [-0.05, 0) is 0 Å². The van der Waals surface area contributed by atoms with E-state index in [4.69, 9.17) is 29.4 Å². The number of primary amides is 4. The van der Waals surface area contributed by atoms with Gasteiger partial charge in [0.2, 0.25) is 0 Å². The van der Waals surface area contributed by atoms with Crippen LogP contribution in [-0.4, -0.2) is 34.2 Å². The summed E-state index contributed by atoms with van der Waals surface area (Å²) in [6.45, 7) is 0. The van der Waals surface area contributed by atoms with Gasteiger partial charge in [-0.25, -0.2) is 19.2 Å². The second-order valence-corrected chi connectivity index (χ2v) is 1.42. The average Bonchev–Trinajstić information content (AvgIpc) is 1.83. The normalized spacial score (nSPS) is 6.57. The van der Waals surface area contributed by atoms with Crippen LogP contribution in [0.15, 0.2) is 0 Å². The topological polar surface area (TPSA) is 213 Å². The lowest BCUT2D eigenvalue weighted by Crippen LogP contribution is -2.18. The van der Waals surface area contributed by atoms with Crippen molar-refractivity contribution in [2.75, 3.05) is 0 Å². The molecule has 0 spiro atoms. The number of urea groups is 2. The standard InChI is InChI=1S/C2H2O4.2CH4N2O/c3-1(4)2(5)6;2*2-1(3)4/h(H,3,4)(H,5,6);2*(H4,2,3,4). The van der Waals surface area contributed by atoms with Crippen molar-refractivity contribution in [1.29, 1.82) is 0 Å². The summed E-state index contributed by atoms with van der Waals surface area (Å²) < 4.78 is 0. The van der Waals surface area contributed by atoms with E-state index < -0.39 is 24.0 Å². The number of hydrogen-bond acceptors (Lipinski definition) is 4. The van der Waals surface area contributed by atoms with Crippen LogP contribution in [-0.2, 0) is 9.59 Å². The number of carboxylic acids is 2. The van der Waals surface area contributed by atoms with Crippen molar-refractivity contribution in [3.63, 3.8) is 0 Å². The minimum Gasteiger partial charge on any atom is -0.473 e. The minimum absolute atomic E-state index is 0.833. The molecule has 0 saturated carbocycles. The largest absolute Gasteiger partial charge is 0.473 e. The lowest BCUT2D eigenvalue weighted by atomic mass is 10.7. The summed E-state index contributed by atoms with van der Waals surface area (Å²) >= 11 is 0. The Morgan fingerprint density at radius 2 is 0.714 bits per heavy atom. The van der Waals surface area contributed by atoms with Crippen LogP contribution in [0.2, 0.25) is 0 Å². The van der Waals surface area contributed by atoms with Crippen LogP contribution in [0.1, 0.15) is 0 Å². The van der Waals surface area contributed by atoms with Crippen molar-refractivity contribution in [3.8, 4) is 0 Å². The predicted octanol–water partition coefficient (Wildman–Crippen LogP) is -2.80. The molecule has 0 aromatic rings. The minimum atomic E-state index is -1.82. The van der Waals surface area contributed by atoms with Crippen molar-refractivity contribution >= 4 is 24.0 Å². The van der Waals surface area contributed by atoms with Crippen molar-refractivity contribution in [2.45, 2.75) is 0 Å². The molecule has 0 aromatic heterocycles. The highest BCUT2D eigenvalue weighted by atomic mass is 16.4. The van der Waals surface area contributed by atoms with E-state index in [0.717, 1.165) is 0 Å². The molecule has 0 fully saturated rings. The predicted molar refractivity (Wildman–Crippen MR) is 42.8 cm³/mol. The fraction of sp³-hybridized carbons (Fsp3) is 0. The Hall–Kier alpha value is -2.52. The maximum absolute atomic E-state index is 9.10. The zero-order valence-corrected chi connectivity index (χ0v) is 6.84.